The number of hydrogen-bond acceptors (Lipinski definition) is 4. The topological polar surface area (TPSA) is 59.2 Å². The van der Waals surface area contributed by atoms with Gasteiger partial charge in [-0.3, -0.25) is 4.79 Å². The summed E-state index contributed by atoms with van der Waals surface area (Å²) < 4.78 is 5.84. The SMILES string of the molecule is Cc1ccccc1-c1nnc(-c2ccc(C(=O)N(C)Cc3ccccc3Cl)cc2)o1. The van der Waals surface area contributed by atoms with Crippen LogP contribution in [0, 0.1) is 6.92 Å². The molecule has 0 saturated heterocycles. The molecule has 4 rings (SSSR count). The van der Waals surface area contributed by atoms with Crippen LogP contribution in [0.4, 0.5) is 0 Å². The summed E-state index contributed by atoms with van der Waals surface area (Å²) in [6.45, 7) is 2.43. The van der Waals surface area contributed by atoms with Crippen LogP contribution in [0.1, 0.15) is 21.5 Å². The van der Waals surface area contributed by atoms with Gasteiger partial charge in [0.2, 0.25) is 11.8 Å². The summed E-state index contributed by atoms with van der Waals surface area (Å²) >= 11 is 6.20. The third-order valence-electron chi connectivity index (χ3n) is 4.89. The molecule has 0 radical (unpaired) electrons. The predicted molar refractivity (Wildman–Crippen MR) is 117 cm³/mol. The van der Waals surface area contributed by atoms with E-state index in [4.69, 9.17) is 16.0 Å². The fourth-order valence-electron chi connectivity index (χ4n) is 3.19. The molecular weight excluding hydrogens is 398 g/mol. The van der Waals surface area contributed by atoms with Gasteiger partial charge in [-0.25, -0.2) is 0 Å². The molecule has 0 aliphatic heterocycles. The van der Waals surface area contributed by atoms with Crippen LogP contribution in [0.3, 0.4) is 0 Å². The van der Waals surface area contributed by atoms with E-state index in [2.05, 4.69) is 10.2 Å². The number of nitrogens with zero attached hydrogens (tertiary/aromatic N) is 3. The maximum absolute atomic E-state index is 12.8. The summed E-state index contributed by atoms with van der Waals surface area (Å²) in [6, 6.07) is 22.5. The second-order valence-corrected chi connectivity index (χ2v) is 7.46. The zero-order valence-electron chi connectivity index (χ0n) is 16.7. The highest BCUT2D eigenvalue weighted by Crippen LogP contribution is 2.26. The normalized spacial score (nSPS) is 10.8. The van der Waals surface area contributed by atoms with Gasteiger partial charge in [0.05, 0.1) is 0 Å². The quantitative estimate of drug-likeness (QED) is 0.421. The zero-order chi connectivity index (χ0) is 21.1. The average Bonchev–Trinajstić information content (AvgIpc) is 3.25. The van der Waals surface area contributed by atoms with Crippen LogP contribution in [0.2, 0.25) is 5.02 Å². The lowest BCUT2D eigenvalue weighted by Crippen LogP contribution is -2.26. The predicted octanol–water partition coefficient (Wildman–Crippen LogP) is 5.64. The lowest BCUT2D eigenvalue weighted by Gasteiger charge is -2.18. The molecule has 0 aliphatic rings. The van der Waals surface area contributed by atoms with Crippen LogP contribution in [0.5, 0.6) is 0 Å². The van der Waals surface area contributed by atoms with E-state index in [0.29, 0.717) is 28.9 Å². The minimum atomic E-state index is -0.0902. The second kappa shape index (κ2) is 8.51. The highest BCUT2D eigenvalue weighted by molar-refractivity contribution is 6.31. The summed E-state index contributed by atoms with van der Waals surface area (Å²) in [5.74, 6) is 0.798. The molecule has 0 atom stereocenters. The van der Waals surface area contributed by atoms with Gasteiger partial charge in [0, 0.05) is 35.3 Å². The van der Waals surface area contributed by atoms with E-state index in [1.807, 2.05) is 67.6 Å². The number of carbonyl (C=O) groups is 1. The summed E-state index contributed by atoms with van der Waals surface area (Å²) in [7, 11) is 1.76. The van der Waals surface area contributed by atoms with Gasteiger partial charge >= 0.3 is 0 Å². The van der Waals surface area contributed by atoms with Gasteiger partial charge in [0.1, 0.15) is 0 Å². The number of carbonyl (C=O) groups excluding carboxylic acids is 1. The first kappa shape index (κ1) is 19.9. The van der Waals surface area contributed by atoms with Crippen molar-refractivity contribution in [1.29, 1.82) is 0 Å². The van der Waals surface area contributed by atoms with E-state index < -0.39 is 0 Å². The van der Waals surface area contributed by atoms with Gasteiger partial charge in [0.15, 0.2) is 0 Å². The van der Waals surface area contributed by atoms with E-state index >= 15 is 0 Å². The molecule has 150 valence electrons. The molecule has 0 fully saturated rings. The third-order valence-corrected chi connectivity index (χ3v) is 5.26. The Kier molecular flexibility index (Phi) is 5.63. The van der Waals surface area contributed by atoms with Gasteiger partial charge in [-0.2, -0.15) is 0 Å². The lowest BCUT2D eigenvalue weighted by atomic mass is 10.1. The Labute approximate surface area is 179 Å². The summed E-state index contributed by atoms with van der Waals surface area (Å²) in [5.41, 5.74) is 4.21. The fourth-order valence-corrected chi connectivity index (χ4v) is 3.39. The maximum Gasteiger partial charge on any atom is 0.253 e. The van der Waals surface area contributed by atoms with E-state index in [1.165, 1.54) is 0 Å². The fraction of sp³-hybridized carbons (Fsp3) is 0.125. The number of rotatable bonds is 5. The second-order valence-electron chi connectivity index (χ2n) is 7.06. The van der Waals surface area contributed by atoms with Crippen LogP contribution in [0.25, 0.3) is 22.9 Å². The van der Waals surface area contributed by atoms with E-state index in [-0.39, 0.29) is 5.91 Å². The Hall–Kier alpha value is -3.44. The molecule has 4 aromatic rings. The first-order valence-electron chi connectivity index (χ1n) is 9.52. The standard InChI is InChI=1S/C24H20ClN3O2/c1-16-7-3-5-9-20(16)23-27-26-22(30-23)17-11-13-18(14-12-17)24(29)28(2)15-19-8-4-6-10-21(19)25/h3-14H,15H2,1-2H3. The Balaban J connectivity index is 1.50. The van der Waals surface area contributed by atoms with Crippen molar-refractivity contribution in [2.75, 3.05) is 7.05 Å². The van der Waals surface area contributed by atoms with Crippen molar-refractivity contribution >= 4 is 17.5 Å². The molecule has 3 aromatic carbocycles. The van der Waals surface area contributed by atoms with Gasteiger partial charge < -0.3 is 9.32 Å². The van der Waals surface area contributed by atoms with Crippen molar-refractivity contribution in [2.45, 2.75) is 13.5 Å². The molecule has 0 saturated carbocycles. The Morgan fingerprint density at radius 2 is 1.60 bits per heavy atom. The summed E-state index contributed by atoms with van der Waals surface area (Å²) in [5, 5.41) is 8.96. The molecule has 0 bridgehead atoms. The smallest absolute Gasteiger partial charge is 0.253 e. The van der Waals surface area contributed by atoms with Crippen molar-refractivity contribution < 1.29 is 9.21 Å². The van der Waals surface area contributed by atoms with Gasteiger partial charge in [-0.15, -0.1) is 10.2 Å². The number of hydrogen-bond donors (Lipinski definition) is 0. The highest BCUT2D eigenvalue weighted by atomic mass is 35.5. The first-order valence-corrected chi connectivity index (χ1v) is 9.89. The summed E-state index contributed by atoms with van der Waals surface area (Å²) in [4.78, 5) is 14.4. The molecule has 1 aromatic heterocycles. The average molecular weight is 418 g/mol. The number of aromatic nitrogens is 2. The highest BCUT2D eigenvalue weighted by Gasteiger charge is 2.15. The number of halogens is 1. The minimum absolute atomic E-state index is 0.0902. The van der Waals surface area contributed by atoms with Crippen molar-refractivity contribution in [3.8, 4) is 22.9 Å². The van der Waals surface area contributed by atoms with Crippen LogP contribution < -0.4 is 0 Å². The molecule has 30 heavy (non-hydrogen) atoms. The minimum Gasteiger partial charge on any atom is -0.416 e. The zero-order valence-corrected chi connectivity index (χ0v) is 17.4. The van der Waals surface area contributed by atoms with Crippen LogP contribution in [0.15, 0.2) is 77.2 Å². The molecule has 1 heterocycles. The summed E-state index contributed by atoms with van der Waals surface area (Å²) in [6.07, 6.45) is 0. The Bertz CT molecular complexity index is 1190. The van der Waals surface area contributed by atoms with E-state index in [0.717, 1.165) is 22.3 Å². The van der Waals surface area contributed by atoms with Gasteiger partial charge in [0.25, 0.3) is 5.91 Å². The van der Waals surface area contributed by atoms with Crippen LogP contribution in [-0.4, -0.2) is 28.1 Å². The van der Waals surface area contributed by atoms with E-state index in [9.17, 15) is 4.79 Å². The Morgan fingerprint density at radius 1 is 0.933 bits per heavy atom. The van der Waals surface area contributed by atoms with Crippen molar-refractivity contribution in [2.24, 2.45) is 0 Å². The molecule has 6 heteroatoms. The molecule has 5 nitrogen and oxygen atoms in total. The third kappa shape index (κ3) is 4.11. The number of aryl methyl sites for hydroxylation is 1. The van der Waals surface area contributed by atoms with Gasteiger partial charge in [-0.1, -0.05) is 48.0 Å². The molecular formula is C24H20ClN3O2. The number of benzene rings is 3. The molecule has 1 amide bonds. The molecule has 0 N–H and O–H groups in total. The first-order chi connectivity index (χ1) is 14.5. The lowest BCUT2D eigenvalue weighted by molar-refractivity contribution is 0.0785. The largest absolute Gasteiger partial charge is 0.416 e. The van der Waals surface area contributed by atoms with E-state index in [1.54, 1.807) is 24.1 Å². The van der Waals surface area contributed by atoms with Crippen molar-refractivity contribution in [3.63, 3.8) is 0 Å². The van der Waals surface area contributed by atoms with Crippen molar-refractivity contribution in [1.82, 2.24) is 15.1 Å². The van der Waals surface area contributed by atoms with Crippen LogP contribution >= 0.6 is 11.6 Å². The van der Waals surface area contributed by atoms with Crippen LogP contribution in [-0.2, 0) is 6.54 Å². The Morgan fingerprint density at radius 3 is 2.33 bits per heavy atom. The maximum atomic E-state index is 12.8. The molecule has 0 spiro atoms. The molecule has 0 aliphatic carbocycles. The monoisotopic (exact) mass is 417 g/mol. The van der Waals surface area contributed by atoms with Crippen molar-refractivity contribution in [3.05, 3.63) is 94.5 Å². The number of amides is 1. The van der Waals surface area contributed by atoms with Gasteiger partial charge in [-0.05, 0) is 54.4 Å². The molecule has 0 unspecified atom stereocenters.